The largest absolute Gasteiger partial charge is 0.455 e. The van der Waals surface area contributed by atoms with Gasteiger partial charge in [-0.15, -0.1) is 23.5 Å². The van der Waals surface area contributed by atoms with Crippen molar-refractivity contribution in [1.29, 1.82) is 0 Å². The summed E-state index contributed by atoms with van der Waals surface area (Å²) < 4.78 is 21.1. The van der Waals surface area contributed by atoms with Crippen molar-refractivity contribution < 1.29 is 28.1 Å². The van der Waals surface area contributed by atoms with Crippen LogP contribution in [0, 0.1) is 0 Å². The lowest BCUT2D eigenvalue weighted by Crippen LogP contribution is -2.24. The van der Waals surface area contributed by atoms with Crippen LogP contribution in [0.15, 0.2) is 0 Å². The lowest BCUT2D eigenvalue weighted by Gasteiger charge is -2.24. The highest BCUT2D eigenvalue weighted by molar-refractivity contribution is 8.68. The zero-order valence-electron chi connectivity index (χ0n) is 13.6. The Hall–Kier alpha value is 0.560. The molecule has 23 heavy (non-hydrogen) atoms. The fourth-order valence-corrected chi connectivity index (χ4v) is 7.25. The molecule has 6 nitrogen and oxygen atoms in total. The molecule has 136 valence electrons. The molecule has 0 heterocycles. The number of hydrogen-bond donors (Lipinski definition) is 0. The lowest BCUT2D eigenvalue weighted by atomic mass is 10.3. The predicted octanol–water partition coefficient (Wildman–Crippen LogP) is 3.50. The topological polar surface area (TPSA) is 71.1 Å². The average molecular weight is 423 g/mol. The maximum Gasteiger partial charge on any atom is 0.321 e. The summed E-state index contributed by atoms with van der Waals surface area (Å²) in [6.45, 7) is 4.34. The van der Waals surface area contributed by atoms with E-state index in [0.717, 1.165) is 11.4 Å². The van der Waals surface area contributed by atoms with E-state index in [1.54, 1.807) is 13.8 Å². The van der Waals surface area contributed by atoms with Gasteiger partial charge < -0.3 is 18.5 Å². The van der Waals surface area contributed by atoms with Gasteiger partial charge in [-0.05, 0) is 38.2 Å². The Morgan fingerprint density at radius 3 is 2.04 bits per heavy atom. The van der Waals surface area contributed by atoms with Crippen molar-refractivity contribution in [3.05, 3.63) is 0 Å². The van der Waals surface area contributed by atoms with Crippen LogP contribution in [0.5, 0.6) is 0 Å². The molecule has 0 aromatic heterocycles. The van der Waals surface area contributed by atoms with Gasteiger partial charge in [0.05, 0.1) is 19.6 Å². The summed E-state index contributed by atoms with van der Waals surface area (Å²) in [5.74, 6) is -0.546. The maximum absolute atomic E-state index is 12.2. The summed E-state index contributed by atoms with van der Waals surface area (Å²) in [7, 11) is 0. The van der Waals surface area contributed by atoms with Gasteiger partial charge in [0.25, 0.3) is 0 Å². The number of hydrogen-bond acceptors (Lipinski definition) is 10. The molecule has 0 aromatic carbocycles. The first-order valence-corrected chi connectivity index (χ1v) is 13.7. The van der Waals surface area contributed by atoms with Crippen LogP contribution < -0.4 is 0 Å². The van der Waals surface area contributed by atoms with Gasteiger partial charge in [0.1, 0.15) is 17.1 Å². The molecule has 1 atom stereocenters. The van der Waals surface area contributed by atoms with Gasteiger partial charge in [-0.3, -0.25) is 9.59 Å². The molecule has 0 aliphatic rings. The normalized spacial score (nSPS) is 12.7. The number of rotatable bonds is 13. The molecule has 0 amide bonds. The Balaban J connectivity index is 4.97. The van der Waals surface area contributed by atoms with Crippen molar-refractivity contribution in [2.45, 2.75) is 25.5 Å². The summed E-state index contributed by atoms with van der Waals surface area (Å²) in [6, 6.07) is 0. The van der Waals surface area contributed by atoms with Crippen molar-refractivity contribution >= 4 is 64.3 Å². The van der Waals surface area contributed by atoms with Crippen LogP contribution in [0.2, 0.25) is 0 Å². The van der Waals surface area contributed by atoms with Gasteiger partial charge in [0, 0.05) is 0 Å². The second-order valence-electron chi connectivity index (χ2n) is 3.87. The highest BCUT2D eigenvalue weighted by Crippen LogP contribution is 2.63. The van der Waals surface area contributed by atoms with Crippen molar-refractivity contribution in [1.82, 2.24) is 0 Å². The molecule has 0 N–H and O–H groups in total. The van der Waals surface area contributed by atoms with Gasteiger partial charge in [0.2, 0.25) is 5.69 Å². The van der Waals surface area contributed by atoms with Crippen molar-refractivity contribution in [3.8, 4) is 0 Å². The number of ether oxygens (including phenoxy) is 2. The molecule has 0 aliphatic heterocycles. The van der Waals surface area contributed by atoms with E-state index >= 15 is 0 Å². The number of carbonyl (C=O) groups is 2. The predicted molar refractivity (Wildman–Crippen MR) is 102 cm³/mol. The second kappa shape index (κ2) is 13.8. The quantitative estimate of drug-likeness (QED) is 0.250. The number of esters is 2. The standard InChI is InChI=1S/C12H23O6PS4/c1-5-17-19(20,18-6-2)23-10(12(14)16-9-22-4)7-11(13)15-8-21-3/h10H,5-9H2,1-4H3. The van der Waals surface area contributed by atoms with E-state index in [0.29, 0.717) is 13.2 Å². The molecule has 0 bridgehead atoms. The number of carbonyl (C=O) groups excluding carboxylic acids is 2. The van der Waals surface area contributed by atoms with Crippen LogP contribution in [0.1, 0.15) is 20.3 Å². The third-order valence-corrected chi connectivity index (χ3v) is 8.41. The highest BCUT2D eigenvalue weighted by Gasteiger charge is 2.33. The van der Waals surface area contributed by atoms with E-state index in [2.05, 4.69) is 0 Å². The first-order chi connectivity index (χ1) is 10.9. The maximum atomic E-state index is 12.2. The number of thioether (sulfide) groups is 2. The molecule has 0 rings (SSSR count). The summed E-state index contributed by atoms with van der Waals surface area (Å²) in [4.78, 5) is 24.0. The van der Waals surface area contributed by atoms with Gasteiger partial charge >= 0.3 is 11.9 Å². The minimum absolute atomic E-state index is 0.128. The van der Waals surface area contributed by atoms with Crippen molar-refractivity contribution in [2.75, 3.05) is 37.6 Å². The SMILES string of the molecule is CCOP(=S)(OCC)SC(CC(=O)OCSC)C(=O)OCSC. The first-order valence-electron chi connectivity index (χ1n) is 6.80. The first kappa shape index (κ1) is 23.6. The molecule has 0 saturated carbocycles. The third kappa shape index (κ3) is 10.9. The van der Waals surface area contributed by atoms with E-state index in [1.165, 1.54) is 23.5 Å². The molecule has 0 aliphatic carbocycles. The van der Waals surface area contributed by atoms with E-state index < -0.39 is 22.9 Å². The minimum atomic E-state index is -2.71. The Labute approximate surface area is 155 Å². The molecular weight excluding hydrogens is 399 g/mol. The van der Waals surface area contributed by atoms with E-state index in [4.69, 9.17) is 30.3 Å². The summed E-state index contributed by atoms with van der Waals surface area (Å²) in [5.41, 5.74) is -2.71. The van der Waals surface area contributed by atoms with Crippen molar-refractivity contribution in [3.63, 3.8) is 0 Å². The van der Waals surface area contributed by atoms with Crippen LogP contribution in [-0.2, 0) is 39.9 Å². The Bertz CT molecular complexity index is 399. The molecule has 0 saturated heterocycles. The van der Waals surface area contributed by atoms with Crippen LogP contribution in [0.3, 0.4) is 0 Å². The molecule has 0 fully saturated rings. The fourth-order valence-electron chi connectivity index (χ4n) is 1.28. The van der Waals surface area contributed by atoms with Crippen LogP contribution >= 0.6 is 40.6 Å². The van der Waals surface area contributed by atoms with Gasteiger partial charge in [-0.1, -0.05) is 11.4 Å². The summed E-state index contributed by atoms with van der Waals surface area (Å²) in [6.07, 6.45) is 3.50. The van der Waals surface area contributed by atoms with E-state index in [-0.39, 0.29) is 18.3 Å². The molecular formula is C12H23O6PS4. The summed E-state index contributed by atoms with van der Waals surface area (Å²) in [5, 5.41) is -0.805. The zero-order chi connectivity index (χ0) is 17.7. The van der Waals surface area contributed by atoms with Crippen LogP contribution in [-0.4, -0.2) is 54.8 Å². The van der Waals surface area contributed by atoms with E-state index in [1.807, 2.05) is 12.5 Å². The van der Waals surface area contributed by atoms with Crippen LogP contribution in [0.4, 0.5) is 0 Å². The van der Waals surface area contributed by atoms with Gasteiger partial charge in [0.15, 0.2) is 0 Å². The smallest absolute Gasteiger partial charge is 0.321 e. The molecule has 11 heteroatoms. The lowest BCUT2D eigenvalue weighted by molar-refractivity contribution is -0.147. The molecule has 1 unspecified atom stereocenters. The van der Waals surface area contributed by atoms with Crippen molar-refractivity contribution in [2.24, 2.45) is 0 Å². The van der Waals surface area contributed by atoms with Gasteiger partial charge in [-0.25, -0.2) is 0 Å². The Morgan fingerprint density at radius 1 is 1.04 bits per heavy atom. The molecule has 0 radical (unpaired) electrons. The Kier molecular flexibility index (Phi) is 14.1. The summed E-state index contributed by atoms with van der Waals surface area (Å²) >= 11 is 9.20. The fraction of sp³-hybridized carbons (Fsp3) is 0.833. The Morgan fingerprint density at radius 2 is 1.57 bits per heavy atom. The van der Waals surface area contributed by atoms with Crippen LogP contribution in [0.25, 0.3) is 0 Å². The highest BCUT2D eigenvalue weighted by atomic mass is 32.9. The average Bonchev–Trinajstić information content (AvgIpc) is 2.50. The second-order valence-corrected chi connectivity index (χ2v) is 11.9. The van der Waals surface area contributed by atoms with Gasteiger partial charge in [-0.2, -0.15) is 0 Å². The zero-order valence-corrected chi connectivity index (χ0v) is 17.8. The van der Waals surface area contributed by atoms with E-state index in [9.17, 15) is 9.59 Å². The molecule has 0 aromatic rings. The molecule has 0 spiro atoms. The third-order valence-electron chi connectivity index (χ3n) is 2.10. The minimum Gasteiger partial charge on any atom is -0.455 e. The monoisotopic (exact) mass is 422 g/mol.